The van der Waals surface area contributed by atoms with Crippen molar-refractivity contribution in [3.8, 4) is 11.5 Å². The van der Waals surface area contributed by atoms with Gasteiger partial charge in [0.2, 0.25) is 5.72 Å². The van der Waals surface area contributed by atoms with Crippen LogP contribution in [0.2, 0.25) is 0 Å². The number of amides is 1. The smallest absolute Gasteiger partial charge is 0.260 e. The van der Waals surface area contributed by atoms with E-state index in [1.54, 1.807) is 12.0 Å². The normalized spacial score (nSPS) is 24.0. The number of aliphatic hydroxyl groups is 1. The van der Waals surface area contributed by atoms with Crippen molar-refractivity contribution in [1.29, 1.82) is 0 Å². The fourth-order valence-electron chi connectivity index (χ4n) is 5.20. The quantitative estimate of drug-likeness (QED) is 0.538. The molecule has 184 valence electrons. The molecule has 6 rings (SSSR count). The number of benzene rings is 3. The molecule has 3 aromatic carbocycles. The molecule has 0 fully saturated rings. The highest BCUT2D eigenvalue weighted by molar-refractivity contribution is 8.13. The second kappa shape index (κ2) is 9.28. The molecule has 0 radical (unpaired) electrons. The highest BCUT2D eigenvalue weighted by Crippen LogP contribution is 2.52. The van der Waals surface area contributed by atoms with Crippen molar-refractivity contribution in [3.63, 3.8) is 0 Å². The summed E-state index contributed by atoms with van der Waals surface area (Å²) in [6, 6.07) is 22.6. The molecule has 0 saturated heterocycles. The van der Waals surface area contributed by atoms with Crippen LogP contribution >= 0.6 is 11.8 Å². The van der Waals surface area contributed by atoms with Gasteiger partial charge in [0.05, 0.1) is 32.3 Å². The summed E-state index contributed by atoms with van der Waals surface area (Å²) in [5, 5.41) is 11.2. The van der Waals surface area contributed by atoms with Crippen molar-refractivity contribution in [2.45, 2.75) is 24.1 Å². The predicted molar refractivity (Wildman–Crippen MR) is 137 cm³/mol. The van der Waals surface area contributed by atoms with Gasteiger partial charge in [0, 0.05) is 16.9 Å². The van der Waals surface area contributed by atoms with Gasteiger partial charge in [-0.2, -0.15) is 0 Å². The summed E-state index contributed by atoms with van der Waals surface area (Å²) in [6.07, 6.45) is 0. The Balaban J connectivity index is 1.39. The van der Waals surface area contributed by atoms with Gasteiger partial charge in [0.25, 0.3) is 5.91 Å². The third-order valence-electron chi connectivity index (χ3n) is 7.01. The molecule has 3 aromatic rings. The Labute approximate surface area is 213 Å². The van der Waals surface area contributed by atoms with E-state index in [1.165, 1.54) is 11.8 Å². The lowest BCUT2D eigenvalue weighted by molar-refractivity contribution is -0.114. The lowest BCUT2D eigenvalue weighted by Gasteiger charge is -2.52. The van der Waals surface area contributed by atoms with Gasteiger partial charge in [0.1, 0.15) is 18.1 Å². The number of hydrogen-bond donors (Lipinski definition) is 1. The number of amidine groups is 1. The van der Waals surface area contributed by atoms with Gasteiger partial charge in [-0.15, -0.1) is 0 Å². The van der Waals surface area contributed by atoms with Crippen LogP contribution in [0.15, 0.2) is 77.8 Å². The van der Waals surface area contributed by atoms with Crippen LogP contribution in [-0.4, -0.2) is 47.1 Å². The number of nitrogens with zero attached hydrogens (tertiary/aromatic N) is 2. The monoisotopic (exact) mass is 502 g/mol. The van der Waals surface area contributed by atoms with Crippen LogP contribution < -0.4 is 9.47 Å². The highest BCUT2D eigenvalue weighted by atomic mass is 32.2. The molecule has 36 heavy (non-hydrogen) atoms. The molecule has 3 aliphatic heterocycles. The molecule has 3 aliphatic rings. The summed E-state index contributed by atoms with van der Waals surface area (Å²) in [6.45, 7) is 0.275. The zero-order valence-corrected chi connectivity index (χ0v) is 20.6. The van der Waals surface area contributed by atoms with Gasteiger partial charge in [-0.05, 0) is 35.4 Å². The summed E-state index contributed by atoms with van der Waals surface area (Å²) < 4.78 is 17.9. The zero-order chi connectivity index (χ0) is 24.7. The van der Waals surface area contributed by atoms with E-state index < -0.39 is 17.7 Å². The molecule has 0 aromatic heterocycles. The average molecular weight is 503 g/mol. The summed E-state index contributed by atoms with van der Waals surface area (Å²) >= 11 is 1.51. The third kappa shape index (κ3) is 3.77. The van der Waals surface area contributed by atoms with Gasteiger partial charge in [0.15, 0.2) is 5.17 Å². The number of aliphatic imine (C=N–C) groups is 1. The number of carbonyl (C=O) groups excluding carboxylic acids is 1. The minimum absolute atomic E-state index is 0.109. The van der Waals surface area contributed by atoms with Gasteiger partial charge < -0.3 is 19.3 Å². The molecule has 2 bridgehead atoms. The maximum absolute atomic E-state index is 13.9. The predicted octanol–water partition coefficient (Wildman–Crippen LogP) is 4.41. The number of thioether (sulfide) groups is 1. The summed E-state index contributed by atoms with van der Waals surface area (Å²) in [7, 11) is 1.63. The van der Waals surface area contributed by atoms with Gasteiger partial charge in [-0.3, -0.25) is 9.69 Å². The number of carbonyl (C=O) groups is 1. The van der Waals surface area contributed by atoms with Crippen LogP contribution in [0.25, 0.3) is 0 Å². The van der Waals surface area contributed by atoms with Crippen molar-refractivity contribution in [3.05, 3.63) is 95.1 Å². The average Bonchev–Trinajstić information content (AvgIpc) is 3.04. The highest BCUT2D eigenvalue weighted by Gasteiger charge is 2.58. The van der Waals surface area contributed by atoms with Gasteiger partial charge in [-0.25, -0.2) is 4.99 Å². The fraction of sp³-hybridized carbons (Fsp3) is 0.286. The first kappa shape index (κ1) is 23.1. The van der Waals surface area contributed by atoms with Crippen molar-refractivity contribution in [1.82, 2.24) is 4.90 Å². The molecule has 0 spiro atoms. The molecule has 0 saturated carbocycles. The standard InChI is InChI=1S/C28H26N2O5S/c1-33-20-12-10-18(11-13-20)15-34-17-28-23(14-31)25(22-8-4-5-9-24(22)35-28)30-26(32)21-7-3-2-6-19(21)16-36-27(30)29-28/h2-13,23,25,31H,14-17H2,1H3/t23-,25-,28?/m1/s1. The molecular formula is C28H26N2O5S. The van der Waals surface area contributed by atoms with E-state index in [-0.39, 0.29) is 19.1 Å². The Morgan fingerprint density at radius 3 is 2.69 bits per heavy atom. The zero-order valence-electron chi connectivity index (χ0n) is 19.8. The van der Waals surface area contributed by atoms with Crippen molar-refractivity contribution in [2.75, 3.05) is 20.3 Å². The van der Waals surface area contributed by atoms with Gasteiger partial charge >= 0.3 is 0 Å². The summed E-state index contributed by atoms with van der Waals surface area (Å²) in [4.78, 5) is 20.6. The molecule has 3 heterocycles. The number of fused-ring (bicyclic) bond motifs is 7. The van der Waals surface area contributed by atoms with E-state index >= 15 is 0 Å². The van der Waals surface area contributed by atoms with E-state index in [0.717, 1.165) is 22.4 Å². The maximum Gasteiger partial charge on any atom is 0.260 e. The van der Waals surface area contributed by atoms with Crippen LogP contribution in [0.5, 0.6) is 11.5 Å². The number of methoxy groups -OCH3 is 1. The Morgan fingerprint density at radius 2 is 1.89 bits per heavy atom. The Hall–Kier alpha value is -3.33. The minimum atomic E-state index is -1.16. The molecule has 0 aliphatic carbocycles. The molecular weight excluding hydrogens is 476 g/mol. The van der Waals surface area contributed by atoms with E-state index in [4.69, 9.17) is 19.2 Å². The maximum atomic E-state index is 13.9. The van der Waals surface area contributed by atoms with E-state index in [9.17, 15) is 9.90 Å². The van der Waals surface area contributed by atoms with Crippen LogP contribution in [0.1, 0.15) is 33.1 Å². The van der Waals surface area contributed by atoms with Crippen LogP contribution in [0.4, 0.5) is 0 Å². The first-order valence-electron chi connectivity index (χ1n) is 11.9. The largest absolute Gasteiger partial charge is 0.497 e. The molecule has 1 unspecified atom stereocenters. The number of para-hydroxylation sites is 1. The molecule has 8 heteroatoms. The minimum Gasteiger partial charge on any atom is -0.497 e. The Morgan fingerprint density at radius 1 is 1.11 bits per heavy atom. The van der Waals surface area contributed by atoms with E-state index in [0.29, 0.717) is 28.8 Å². The SMILES string of the molecule is COc1ccc(COCC23N=C4SCc5ccccc5C(=O)N4[C@H](c4ccccc4O2)[C@H]3CO)cc1. The van der Waals surface area contributed by atoms with E-state index in [1.807, 2.05) is 72.8 Å². The molecule has 1 N–H and O–H groups in total. The fourth-order valence-corrected chi connectivity index (χ4v) is 6.29. The summed E-state index contributed by atoms with van der Waals surface area (Å²) in [5.41, 5.74) is 2.33. The van der Waals surface area contributed by atoms with Crippen LogP contribution in [0.3, 0.4) is 0 Å². The number of hydrogen-bond acceptors (Lipinski definition) is 7. The Bertz CT molecular complexity index is 1330. The lowest BCUT2D eigenvalue weighted by atomic mass is 9.80. The van der Waals surface area contributed by atoms with Crippen molar-refractivity contribution in [2.24, 2.45) is 10.9 Å². The second-order valence-corrected chi connectivity index (χ2v) is 10.0. The van der Waals surface area contributed by atoms with Crippen LogP contribution in [0, 0.1) is 5.92 Å². The number of rotatable bonds is 6. The number of ether oxygens (including phenoxy) is 3. The van der Waals surface area contributed by atoms with Gasteiger partial charge in [-0.1, -0.05) is 60.3 Å². The second-order valence-electron chi connectivity index (χ2n) is 9.07. The topological polar surface area (TPSA) is 80.6 Å². The van der Waals surface area contributed by atoms with Crippen LogP contribution in [-0.2, 0) is 17.1 Å². The molecule has 1 amide bonds. The first-order chi connectivity index (χ1) is 17.6. The van der Waals surface area contributed by atoms with Crippen molar-refractivity contribution >= 4 is 22.8 Å². The molecule has 3 atom stereocenters. The number of aliphatic hydroxyl groups excluding tert-OH is 1. The van der Waals surface area contributed by atoms with Crippen molar-refractivity contribution < 1.29 is 24.1 Å². The molecule has 7 nitrogen and oxygen atoms in total. The summed E-state index contributed by atoms with van der Waals surface area (Å²) in [5.74, 6) is 1.45. The van der Waals surface area contributed by atoms with E-state index in [2.05, 4.69) is 0 Å². The third-order valence-corrected chi connectivity index (χ3v) is 8.01. The lowest BCUT2D eigenvalue weighted by Crippen LogP contribution is -2.61. The Kier molecular flexibility index (Phi) is 5.95. The first-order valence-corrected chi connectivity index (χ1v) is 12.9.